The molecule has 1 fully saturated rings. The van der Waals surface area contributed by atoms with Crippen molar-refractivity contribution in [3.63, 3.8) is 0 Å². The number of piperidine rings is 1. The average molecular weight is 579 g/mol. The number of thiophene rings is 1. The fourth-order valence-corrected chi connectivity index (χ4v) is 7.31. The molecule has 6 rings (SSSR count). The summed E-state index contributed by atoms with van der Waals surface area (Å²) in [5.41, 5.74) is 1.68. The molecule has 3 heterocycles. The molecule has 39 heavy (non-hydrogen) atoms. The van der Waals surface area contributed by atoms with Crippen molar-refractivity contribution in [3.05, 3.63) is 111 Å². The van der Waals surface area contributed by atoms with Gasteiger partial charge in [0, 0.05) is 17.4 Å². The molecule has 0 saturated carbocycles. The molecular weight excluding hydrogens is 555 g/mol. The van der Waals surface area contributed by atoms with E-state index in [1.807, 2.05) is 35.0 Å². The first-order chi connectivity index (χ1) is 18.9. The number of ketones is 1. The molecule has 0 bridgehead atoms. The predicted octanol–water partition coefficient (Wildman–Crippen LogP) is 6.89. The van der Waals surface area contributed by atoms with E-state index in [9.17, 15) is 14.0 Å². The van der Waals surface area contributed by atoms with Crippen molar-refractivity contribution in [1.82, 2.24) is 10.3 Å². The number of nitrogens with one attached hydrogen (secondary N) is 1. The summed E-state index contributed by atoms with van der Waals surface area (Å²) in [5, 5.41) is 6.54. The van der Waals surface area contributed by atoms with E-state index < -0.39 is 16.7 Å². The van der Waals surface area contributed by atoms with Gasteiger partial charge in [-0.25, -0.2) is 9.37 Å². The van der Waals surface area contributed by atoms with Gasteiger partial charge in [-0.1, -0.05) is 41.9 Å². The van der Waals surface area contributed by atoms with Crippen LogP contribution in [0.2, 0.25) is 5.02 Å². The van der Waals surface area contributed by atoms with E-state index >= 15 is 0 Å². The molecule has 3 unspecified atom stereocenters. The number of halogens is 2. The molecule has 9 heteroatoms. The lowest BCUT2D eigenvalue weighted by molar-refractivity contribution is -0.133. The lowest BCUT2D eigenvalue weighted by Gasteiger charge is -2.39. The number of pyridine rings is 1. The van der Waals surface area contributed by atoms with E-state index in [-0.39, 0.29) is 24.1 Å². The maximum absolute atomic E-state index is 14.4. The van der Waals surface area contributed by atoms with Crippen LogP contribution in [0.3, 0.4) is 0 Å². The van der Waals surface area contributed by atoms with Gasteiger partial charge in [-0.2, -0.15) is 11.3 Å². The van der Waals surface area contributed by atoms with Gasteiger partial charge in [-0.05, 0) is 77.0 Å². The van der Waals surface area contributed by atoms with Gasteiger partial charge in [0.25, 0.3) is 0 Å². The van der Waals surface area contributed by atoms with E-state index in [4.69, 9.17) is 21.3 Å². The minimum absolute atomic E-state index is 0.0333. The highest BCUT2D eigenvalue weighted by Crippen LogP contribution is 2.42. The summed E-state index contributed by atoms with van der Waals surface area (Å²) in [6.07, 6.45) is 1.94. The monoisotopic (exact) mass is 578 g/mol. The second-order valence-electron chi connectivity index (χ2n) is 9.65. The van der Waals surface area contributed by atoms with Crippen molar-refractivity contribution in [2.24, 2.45) is 0 Å². The van der Waals surface area contributed by atoms with Crippen LogP contribution < -0.4 is 10.1 Å². The van der Waals surface area contributed by atoms with Crippen molar-refractivity contribution in [1.29, 1.82) is 0 Å². The van der Waals surface area contributed by atoms with Crippen LogP contribution in [0, 0.1) is 5.82 Å². The quantitative estimate of drug-likeness (QED) is 0.252. The number of ether oxygens (including phenoxy) is 1. The Morgan fingerprint density at radius 1 is 1.08 bits per heavy atom. The van der Waals surface area contributed by atoms with Gasteiger partial charge in [-0.15, -0.1) is 11.8 Å². The first-order valence-corrected chi connectivity index (χ1v) is 14.8. The van der Waals surface area contributed by atoms with Crippen LogP contribution in [-0.4, -0.2) is 21.9 Å². The molecule has 2 aromatic heterocycles. The zero-order valence-corrected chi connectivity index (χ0v) is 23.1. The largest absolute Gasteiger partial charge is 0.469 e. The molecule has 2 aromatic carbocycles. The van der Waals surface area contributed by atoms with Gasteiger partial charge in [0.05, 0.1) is 10.7 Å². The summed E-state index contributed by atoms with van der Waals surface area (Å²) in [6, 6.07) is 19.5. The summed E-state index contributed by atoms with van der Waals surface area (Å²) >= 11 is 8.94. The molecule has 1 amide bonds. The Morgan fingerprint density at radius 2 is 1.92 bits per heavy atom. The van der Waals surface area contributed by atoms with Gasteiger partial charge in [0.2, 0.25) is 11.8 Å². The van der Waals surface area contributed by atoms with Crippen LogP contribution in [0.4, 0.5) is 4.39 Å². The highest BCUT2D eigenvalue weighted by Gasteiger charge is 2.48. The van der Waals surface area contributed by atoms with E-state index in [1.165, 1.54) is 17.4 Å². The van der Waals surface area contributed by atoms with Crippen LogP contribution in [0.5, 0.6) is 5.88 Å². The molecular formula is C30H24ClFN2O3S2. The van der Waals surface area contributed by atoms with E-state index in [0.717, 1.165) is 35.7 Å². The summed E-state index contributed by atoms with van der Waals surface area (Å²) in [6.45, 7) is 0. The van der Waals surface area contributed by atoms with E-state index in [0.29, 0.717) is 33.5 Å². The second-order valence-corrected chi connectivity index (χ2v) is 12.0. The van der Waals surface area contributed by atoms with Crippen LogP contribution in [-0.2, 0) is 21.5 Å². The third kappa shape index (κ3) is 4.97. The van der Waals surface area contributed by atoms with Gasteiger partial charge < -0.3 is 10.1 Å². The molecule has 1 aliphatic heterocycles. The molecule has 1 N–H and O–H groups in total. The zero-order valence-electron chi connectivity index (χ0n) is 20.7. The SMILES string of the molecule is O=C1CC(c2ccsc2)(c2cccc(OC3CCCc4c(F)cccc43)n2)NC(=O)C1Sc1ccccc1Cl. The number of carbonyl (C=O) groups is 2. The van der Waals surface area contributed by atoms with Gasteiger partial charge in [0.15, 0.2) is 5.78 Å². The lowest BCUT2D eigenvalue weighted by atomic mass is 9.79. The van der Waals surface area contributed by atoms with Crippen molar-refractivity contribution >= 4 is 46.4 Å². The highest BCUT2D eigenvalue weighted by molar-refractivity contribution is 8.01. The number of carbonyl (C=O) groups excluding carboxylic acids is 2. The Morgan fingerprint density at radius 3 is 2.72 bits per heavy atom. The minimum atomic E-state index is -1.14. The number of amides is 1. The molecule has 4 aromatic rings. The number of thioether (sulfide) groups is 1. The summed E-state index contributed by atoms with van der Waals surface area (Å²) in [4.78, 5) is 32.5. The number of hydrogen-bond donors (Lipinski definition) is 1. The van der Waals surface area contributed by atoms with E-state index in [1.54, 1.807) is 36.4 Å². The Kier molecular flexibility index (Phi) is 7.18. The Labute approximate surface area is 238 Å². The zero-order chi connectivity index (χ0) is 27.0. The van der Waals surface area contributed by atoms with Crippen LogP contribution in [0.15, 0.2) is 82.4 Å². The van der Waals surface area contributed by atoms with E-state index in [2.05, 4.69) is 5.32 Å². The first-order valence-electron chi connectivity index (χ1n) is 12.6. The number of aromatic nitrogens is 1. The summed E-state index contributed by atoms with van der Waals surface area (Å²) in [7, 11) is 0. The van der Waals surface area contributed by atoms with Crippen LogP contribution in [0.25, 0.3) is 0 Å². The summed E-state index contributed by atoms with van der Waals surface area (Å²) in [5.74, 6) is -0.461. The third-order valence-corrected chi connectivity index (χ3v) is 9.67. The predicted molar refractivity (Wildman–Crippen MR) is 151 cm³/mol. The molecule has 3 atom stereocenters. The van der Waals surface area contributed by atoms with Gasteiger partial charge >= 0.3 is 0 Å². The normalized spacial score (nSPS) is 22.7. The Bertz CT molecular complexity index is 1530. The summed E-state index contributed by atoms with van der Waals surface area (Å²) < 4.78 is 20.7. The molecule has 198 valence electrons. The number of nitrogens with zero attached hydrogens (tertiary/aromatic N) is 1. The number of fused-ring (bicyclic) bond motifs is 1. The smallest absolute Gasteiger partial charge is 0.242 e. The Hall–Kier alpha value is -3.20. The fourth-order valence-electron chi connectivity index (χ4n) is 5.34. The van der Waals surface area contributed by atoms with Gasteiger partial charge in [-0.3, -0.25) is 9.59 Å². The number of Topliss-reactive ketones (excluding diaryl/α,β-unsaturated/α-hetero) is 1. The number of hydrogen-bond acceptors (Lipinski definition) is 6. The average Bonchev–Trinajstić information content (AvgIpc) is 3.48. The highest BCUT2D eigenvalue weighted by atomic mass is 35.5. The second kappa shape index (κ2) is 10.8. The van der Waals surface area contributed by atoms with Crippen molar-refractivity contribution in [2.45, 2.75) is 47.5 Å². The molecule has 0 spiro atoms. The van der Waals surface area contributed by atoms with Crippen LogP contribution >= 0.6 is 34.7 Å². The fraction of sp³-hybridized carbons (Fsp3) is 0.233. The molecule has 2 aliphatic rings. The lowest BCUT2D eigenvalue weighted by Crippen LogP contribution is -2.58. The van der Waals surface area contributed by atoms with Crippen molar-refractivity contribution < 1.29 is 18.7 Å². The van der Waals surface area contributed by atoms with Crippen molar-refractivity contribution in [3.8, 4) is 5.88 Å². The molecule has 1 aliphatic carbocycles. The minimum Gasteiger partial charge on any atom is -0.469 e. The molecule has 5 nitrogen and oxygen atoms in total. The van der Waals surface area contributed by atoms with Gasteiger partial charge in [0.1, 0.15) is 22.7 Å². The topological polar surface area (TPSA) is 68.3 Å². The third-order valence-electron chi connectivity index (χ3n) is 7.22. The standard InChI is InChI=1S/C30H24ClFN2O3S2/c31-21-8-1-2-11-25(21)39-28-23(35)16-30(34-29(28)36,18-14-15-38-17-18)26-12-5-13-27(33-26)37-24-10-4-6-19-20(24)7-3-9-22(19)32/h1-3,5,7-9,11-15,17,24,28H,4,6,10,16H2,(H,34,36). The maximum Gasteiger partial charge on any atom is 0.242 e. The first kappa shape index (κ1) is 26.0. The molecule has 1 saturated heterocycles. The number of benzene rings is 2. The van der Waals surface area contributed by atoms with Crippen LogP contribution in [0.1, 0.15) is 47.8 Å². The Balaban J connectivity index is 1.32. The molecule has 0 radical (unpaired) electrons. The van der Waals surface area contributed by atoms with Crippen molar-refractivity contribution in [2.75, 3.05) is 0 Å². The maximum atomic E-state index is 14.4. The number of rotatable bonds is 6.